The van der Waals surface area contributed by atoms with Crippen LogP contribution in [-0.2, 0) is 4.79 Å². The van der Waals surface area contributed by atoms with Gasteiger partial charge in [0.1, 0.15) is 0 Å². The van der Waals surface area contributed by atoms with Gasteiger partial charge < -0.3 is 0 Å². The number of rotatable bonds is 6. The maximum atomic E-state index is 11.5. The van der Waals surface area contributed by atoms with E-state index in [-0.39, 0.29) is 18.0 Å². The first-order valence-corrected chi connectivity index (χ1v) is 5.21. The molecule has 0 aromatic heterocycles. The van der Waals surface area contributed by atoms with E-state index < -0.39 is 0 Å². The van der Waals surface area contributed by atoms with E-state index in [1.54, 1.807) is 0 Å². The molecule has 0 radical (unpaired) electrons. The number of carbonyl (C=O) groups is 1. The third kappa shape index (κ3) is 4.28. The molecule has 0 rings (SSSR count). The van der Waals surface area contributed by atoms with E-state index in [1.165, 1.54) is 0 Å². The van der Waals surface area contributed by atoms with Gasteiger partial charge in [-0.05, 0) is 20.3 Å². The summed E-state index contributed by atoms with van der Waals surface area (Å²) in [4.78, 5) is 13.5. The molecule has 0 heterocycles. The maximum Gasteiger partial charge on any atom is 0.251 e. The number of carbonyl (C=O) groups excluding carboxylic acids is 1. The zero-order valence-electron chi connectivity index (χ0n) is 9.66. The third-order valence-electron chi connectivity index (χ3n) is 2.38. The van der Waals surface area contributed by atoms with Gasteiger partial charge in [0.05, 0.1) is 12.1 Å². The van der Waals surface area contributed by atoms with Crippen LogP contribution in [0, 0.1) is 11.3 Å². The molecule has 86 valence electrons. The molecule has 1 unspecified atom stereocenters. The lowest BCUT2D eigenvalue weighted by Gasteiger charge is -2.32. The number of hydrazine groups is 1. The van der Waals surface area contributed by atoms with Gasteiger partial charge in [0.15, 0.2) is 0 Å². The van der Waals surface area contributed by atoms with Crippen molar-refractivity contribution in [2.45, 2.75) is 45.7 Å². The van der Waals surface area contributed by atoms with Crippen molar-refractivity contribution < 1.29 is 4.79 Å². The highest BCUT2D eigenvalue weighted by Gasteiger charge is 2.25. The van der Waals surface area contributed by atoms with Crippen molar-refractivity contribution in [2.75, 3.05) is 6.54 Å². The van der Waals surface area contributed by atoms with Crippen molar-refractivity contribution in [1.82, 2.24) is 10.3 Å². The van der Waals surface area contributed by atoms with Crippen LogP contribution < -0.4 is 11.3 Å². The Morgan fingerprint density at radius 1 is 1.60 bits per heavy atom. The molecule has 5 nitrogen and oxygen atoms in total. The van der Waals surface area contributed by atoms with Gasteiger partial charge in [0.25, 0.3) is 5.91 Å². The van der Waals surface area contributed by atoms with E-state index >= 15 is 0 Å². The second-order valence-corrected chi connectivity index (χ2v) is 3.67. The fourth-order valence-electron chi connectivity index (χ4n) is 1.62. The summed E-state index contributed by atoms with van der Waals surface area (Å²) in [7, 11) is 0. The topological polar surface area (TPSA) is 82.2 Å². The summed E-state index contributed by atoms with van der Waals surface area (Å²) < 4.78 is 0. The molecule has 0 fully saturated rings. The quantitative estimate of drug-likeness (QED) is 0.379. The average Bonchev–Trinajstić information content (AvgIpc) is 2.22. The molecule has 1 atom stereocenters. The molecule has 15 heavy (non-hydrogen) atoms. The highest BCUT2D eigenvalue weighted by molar-refractivity contribution is 5.81. The average molecular weight is 212 g/mol. The van der Waals surface area contributed by atoms with Gasteiger partial charge in [-0.3, -0.25) is 15.1 Å². The largest absolute Gasteiger partial charge is 0.293 e. The fraction of sp³-hybridized carbons (Fsp3) is 0.800. The monoisotopic (exact) mass is 212 g/mol. The Labute approximate surface area is 91.2 Å². The molecule has 1 amide bonds. The zero-order chi connectivity index (χ0) is 11.8. The van der Waals surface area contributed by atoms with Crippen LogP contribution in [0.2, 0.25) is 0 Å². The van der Waals surface area contributed by atoms with Crippen LogP contribution >= 0.6 is 0 Å². The normalized spacial score (nSPS) is 12.6. The van der Waals surface area contributed by atoms with Crippen LogP contribution in [0.1, 0.15) is 33.6 Å². The van der Waals surface area contributed by atoms with Crippen LogP contribution in [0.4, 0.5) is 0 Å². The molecular formula is C10H20N4O. The SMILES string of the molecule is CCC(C(=O)NN)N(CCC#N)C(C)C. The highest BCUT2D eigenvalue weighted by atomic mass is 16.2. The highest BCUT2D eigenvalue weighted by Crippen LogP contribution is 2.09. The number of nitrogens with zero attached hydrogens (tertiary/aromatic N) is 2. The van der Waals surface area contributed by atoms with Gasteiger partial charge in [-0.15, -0.1) is 0 Å². The summed E-state index contributed by atoms with van der Waals surface area (Å²) >= 11 is 0. The van der Waals surface area contributed by atoms with E-state index in [0.29, 0.717) is 19.4 Å². The third-order valence-corrected chi connectivity index (χ3v) is 2.38. The predicted octanol–water partition coefficient (Wildman–Crippen LogP) is 0.379. The van der Waals surface area contributed by atoms with Gasteiger partial charge in [-0.25, -0.2) is 5.84 Å². The number of nitrogens with one attached hydrogen (secondary N) is 1. The summed E-state index contributed by atoms with van der Waals surface area (Å²) in [6.45, 7) is 6.54. The van der Waals surface area contributed by atoms with Crippen LogP contribution in [-0.4, -0.2) is 29.4 Å². The molecule has 0 aliphatic heterocycles. The maximum absolute atomic E-state index is 11.5. The molecule has 3 N–H and O–H groups in total. The Morgan fingerprint density at radius 3 is 2.53 bits per heavy atom. The van der Waals surface area contributed by atoms with Crippen molar-refractivity contribution in [2.24, 2.45) is 5.84 Å². The van der Waals surface area contributed by atoms with E-state index in [1.807, 2.05) is 25.7 Å². The lowest BCUT2D eigenvalue weighted by Crippen LogP contribution is -2.51. The first kappa shape index (κ1) is 13.9. The molecule has 0 aliphatic carbocycles. The minimum Gasteiger partial charge on any atom is -0.293 e. The molecule has 0 aromatic rings. The molecule has 0 saturated carbocycles. The molecule has 0 saturated heterocycles. The summed E-state index contributed by atoms with van der Waals surface area (Å²) in [5.41, 5.74) is 2.16. The van der Waals surface area contributed by atoms with Crippen LogP contribution in [0.3, 0.4) is 0 Å². The number of hydrogen-bond donors (Lipinski definition) is 2. The van der Waals surface area contributed by atoms with Crippen molar-refractivity contribution in [3.8, 4) is 6.07 Å². The van der Waals surface area contributed by atoms with Crippen LogP contribution in [0.25, 0.3) is 0 Å². The Hall–Kier alpha value is -1.12. The van der Waals surface area contributed by atoms with Crippen molar-refractivity contribution >= 4 is 5.91 Å². The molecule has 0 aromatic carbocycles. The van der Waals surface area contributed by atoms with Crippen molar-refractivity contribution in [3.05, 3.63) is 0 Å². The van der Waals surface area contributed by atoms with Gasteiger partial charge >= 0.3 is 0 Å². The van der Waals surface area contributed by atoms with Gasteiger partial charge in [0, 0.05) is 19.0 Å². The number of hydrogen-bond acceptors (Lipinski definition) is 4. The molecule has 0 aliphatic rings. The van der Waals surface area contributed by atoms with Gasteiger partial charge in [0.2, 0.25) is 0 Å². The number of nitriles is 1. The second-order valence-electron chi connectivity index (χ2n) is 3.67. The lowest BCUT2D eigenvalue weighted by molar-refractivity contribution is -0.127. The van der Waals surface area contributed by atoms with Crippen LogP contribution in [0.5, 0.6) is 0 Å². The molecular weight excluding hydrogens is 192 g/mol. The lowest BCUT2D eigenvalue weighted by atomic mass is 10.1. The smallest absolute Gasteiger partial charge is 0.251 e. The van der Waals surface area contributed by atoms with Crippen LogP contribution in [0.15, 0.2) is 0 Å². The van der Waals surface area contributed by atoms with E-state index in [9.17, 15) is 4.79 Å². The van der Waals surface area contributed by atoms with E-state index in [4.69, 9.17) is 11.1 Å². The first-order valence-electron chi connectivity index (χ1n) is 5.21. The van der Waals surface area contributed by atoms with Crippen molar-refractivity contribution in [3.63, 3.8) is 0 Å². The summed E-state index contributed by atoms with van der Waals surface area (Å²) in [6.07, 6.45) is 1.11. The molecule has 0 bridgehead atoms. The first-order chi connectivity index (χ1) is 7.08. The Kier molecular flexibility index (Phi) is 6.67. The van der Waals surface area contributed by atoms with E-state index in [0.717, 1.165) is 0 Å². The van der Waals surface area contributed by atoms with Gasteiger partial charge in [-0.2, -0.15) is 5.26 Å². The number of amides is 1. The number of nitrogens with two attached hydrogens (primary N) is 1. The second kappa shape index (κ2) is 7.21. The predicted molar refractivity (Wildman–Crippen MR) is 58.5 cm³/mol. The molecule has 5 heteroatoms. The standard InChI is InChI=1S/C10H20N4O/c1-4-9(10(15)13-12)14(8(2)3)7-5-6-11/h8-9H,4-5,7,12H2,1-3H3,(H,13,15). The van der Waals surface area contributed by atoms with Crippen molar-refractivity contribution in [1.29, 1.82) is 5.26 Å². The Bertz CT molecular complexity index is 234. The minimum absolute atomic E-state index is 0.191. The Balaban J connectivity index is 4.55. The minimum atomic E-state index is -0.247. The van der Waals surface area contributed by atoms with Gasteiger partial charge in [-0.1, -0.05) is 6.92 Å². The summed E-state index contributed by atoms with van der Waals surface area (Å²) in [5, 5.41) is 8.55. The Morgan fingerprint density at radius 2 is 2.20 bits per heavy atom. The van der Waals surface area contributed by atoms with E-state index in [2.05, 4.69) is 11.5 Å². The fourth-order valence-corrected chi connectivity index (χ4v) is 1.62. The zero-order valence-corrected chi connectivity index (χ0v) is 9.66. The molecule has 0 spiro atoms. The summed E-state index contributed by atoms with van der Waals surface area (Å²) in [5.74, 6) is 4.93. The summed E-state index contributed by atoms with van der Waals surface area (Å²) in [6, 6.07) is 2.06.